The predicted molar refractivity (Wildman–Crippen MR) is 89.3 cm³/mol. The van der Waals surface area contributed by atoms with Gasteiger partial charge < -0.3 is 10.1 Å². The summed E-state index contributed by atoms with van der Waals surface area (Å²) in [7, 11) is 0. The molecule has 4 nitrogen and oxygen atoms in total. The van der Waals surface area contributed by atoms with Crippen molar-refractivity contribution in [1.82, 2.24) is 10.2 Å². The van der Waals surface area contributed by atoms with Gasteiger partial charge in [-0.2, -0.15) is 0 Å². The van der Waals surface area contributed by atoms with Crippen molar-refractivity contribution in [2.45, 2.75) is 33.8 Å². The van der Waals surface area contributed by atoms with Crippen molar-refractivity contribution < 1.29 is 9.53 Å². The molecule has 0 radical (unpaired) electrons. The lowest BCUT2D eigenvalue weighted by Gasteiger charge is -2.33. The number of hydrogen-bond acceptors (Lipinski definition) is 3. The third-order valence-corrected chi connectivity index (χ3v) is 3.82. The van der Waals surface area contributed by atoms with Gasteiger partial charge in [0, 0.05) is 31.7 Å². The lowest BCUT2D eigenvalue weighted by molar-refractivity contribution is -0.0295. The second-order valence-corrected chi connectivity index (χ2v) is 6.73. The van der Waals surface area contributed by atoms with E-state index in [9.17, 15) is 4.79 Å². The third kappa shape index (κ3) is 5.11. The molecule has 1 amide bonds. The van der Waals surface area contributed by atoms with Crippen LogP contribution in [0, 0.1) is 19.8 Å². The average Bonchev–Trinajstić information content (AvgIpc) is 2.43. The Morgan fingerprint density at radius 3 is 2.64 bits per heavy atom. The van der Waals surface area contributed by atoms with Crippen molar-refractivity contribution in [3.63, 3.8) is 0 Å². The van der Waals surface area contributed by atoms with Crippen LogP contribution >= 0.6 is 0 Å². The molecular formula is C18H28N2O2. The fraction of sp³-hybridized carbons (Fsp3) is 0.611. The zero-order valence-corrected chi connectivity index (χ0v) is 14.2. The van der Waals surface area contributed by atoms with Crippen LogP contribution in [0.5, 0.6) is 0 Å². The van der Waals surface area contributed by atoms with Gasteiger partial charge in [-0.05, 0) is 31.9 Å². The van der Waals surface area contributed by atoms with Crippen LogP contribution in [0.15, 0.2) is 18.2 Å². The molecule has 0 spiro atoms. The number of amides is 1. The molecule has 1 fully saturated rings. The zero-order chi connectivity index (χ0) is 16.1. The lowest BCUT2D eigenvalue weighted by atomic mass is 10.1. The molecule has 22 heavy (non-hydrogen) atoms. The lowest BCUT2D eigenvalue weighted by Crippen LogP contribution is -2.48. The fourth-order valence-corrected chi connectivity index (χ4v) is 3.00. The zero-order valence-electron chi connectivity index (χ0n) is 14.2. The molecule has 2 rings (SSSR count). The van der Waals surface area contributed by atoms with E-state index in [1.165, 1.54) is 0 Å². The molecule has 0 saturated carbocycles. The minimum atomic E-state index is -0.0172. The molecule has 0 aromatic heterocycles. The number of carbonyl (C=O) groups is 1. The highest BCUT2D eigenvalue weighted by Gasteiger charge is 2.21. The molecule has 4 heteroatoms. The van der Waals surface area contributed by atoms with E-state index in [4.69, 9.17) is 4.74 Å². The summed E-state index contributed by atoms with van der Waals surface area (Å²) in [5, 5.41) is 3.01. The third-order valence-electron chi connectivity index (χ3n) is 3.82. The largest absolute Gasteiger partial charge is 0.374 e. The van der Waals surface area contributed by atoms with E-state index < -0.39 is 0 Å². The van der Waals surface area contributed by atoms with E-state index in [0.29, 0.717) is 12.5 Å². The molecule has 0 aliphatic carbocycles. The Bertz CT molecular complexity index is 494. The summed E-state index contributed by atoms with van der Waals surface area (Å²) in [5.74, 6) is 0.639. The Hall–Kier alpha value is -1.39. The standard InChI is InChI=1S/C18H28N2O2/c1-13(2)11-20-5-6-22-17(12-20)10-19-18(21)16-8-14(3)7-15(4)9-16/h7-9,13,17H,5-6,10-12H2,1-4H3,(H,19,21). The van der Waals surface area contributed by atoms with Crippen LogP contribution in [0.3, 0.4) is 0 Å². The Labute approximate surface area is 133 Å². The summed E-state index contributed by atoms with van der Waals surface area (Å²) < 4.78 is 5.77. The first-order valence-electron chi connectivity index (χ1n) is 8.14. The number of nitrogens with zero attached hydrogens (tertiary/aromatic N) is 1. The maximum atomic E-state index is 12.3. The number of aryl methyl sites for hydroxylation is 2. The molecule has 1 saturated heterocycles. The van der Waals surface area contributed by atoms with Crippen molar-refractivity contribution in [2.75, 3.05) is 32.8 Å². The van der Waals surface area contributed by atoms with Crippen molar-refractivity contribution in [3.05, 3.63) is 34.9 Å². The maximum absolute atomic E-state index is 12.3. The molecular weight excluding hydrogens is 276 g/mol. The van der Waals surface area contributed by atoms with Gasteiger partial charge in [0.05, 0.1) is 12.7 Å². The Balaban J connectivity index is 1.85. The van der Waals surface area contributed by atoms with Gasteiger partial charge in [-0.15, -0.1) is 0 Å². The minimum absolute atomic E-state index is 0.0172. The minimum Gasteiger partial charge on any atom is -0.374 e. The normalized spacial score (nSPS) is 19.4. The van der Waals surface area contributed by atoms with E-state index in [2.05, 4.69) is 30.1 Å². The number of hydrogen-bond donors (Lipinski definition) is 1. The van der Waals surface area contributed by atoms with Crippen LogP contribution in [-0.4, -0.2) is 49.7 Å². The highest BCUT2D eigenvalue weighted by atomic mass is 16.5. The first kappa shape index (κ1) is 17.0. The smallest absolute Gasteiger partial charge is 0.251 e. The number of morpholine rings is 1. The quantitative estimate of drug-likeness (QED) is 0.908. The highest BCUT2D eigenvalue weighted by molar-refractivity contribution is 5.94. The second kappa shape index (κ2) is 7.75. The predicted octanol–water partition coefficient (Wildman–Crippen LogP) is 2.39. The van der Waals surface area contributed by atoms with Crippen LogP contribution in [0.4, 0.5) is 0 Å². The van der Waals surface area contributed by atoms with Gasteiger partial charge in [0.15, 0.2) is 0 Å². The Morgan fingerprint density at radius 1 is 1.32 bits per heavy atom. The van der Waals surface area contributed by atoms with Gasteiger partial charge in [0.25, 0.3) is 5.91 Å². The highest BCUT2D eigenvalue weighted by Crippen LogP contribution is 2.10. The molecule has 1 aliphatic heterocycles. The van der Waals surface area contributed by atoms with Crippen LogP contribution in [0.2, 0.25) is 0 Å². The molecule has 1 atom stereocenters. The van der Waals surface area contributed by atoms with Crippen molar-refractivity contribution >= 4 is 5.91 Å². The topological polar surface area (TPSA) is 41.6 Å². The van der Waals surface area contributed by atoms with E-state index in [0.717, 1.165) is 42.9 Å². The molecule has 0 bridgehead atoms. The number of benzene rings is 1. The summed E-state index contributed by atoms with van der Waals surface area (Å²) in [4.78, 5) is 14.7. The molecule has 1 heterocycles. The van der Waals surface area contributed by atoms with Gasteiger partial charge in [0.2, 0.25) is 0 Å². The Morgan fingerprint density at radius 2 is 2.00 bits per heavy atom. The fourth-order valence-electron chi connectivity index (χ4n) is 3.00. The summed E-state index contributed by atoms with van der Waals surface area (Å²) in [6.07, 6.45) is 0.0855. The molecule has 1 unspecified atom stereocenters. The monoisotopic (exact) mass is 304 g/mol. The van der Waals surface area contributed by atoms with Crippen LogP contribution in [-0.2, 0) is 4.74 Å². The number of carbonyl (C=O) groups excluding carboxylic acids is 1. The van der Waals surface area contributed by atoms with E-state index in [1.54, 1.807) is 0 Å². The van der Waals surface area contributed by atoms with Gasteiger partial charge in [-0.25, -0.2) is 0 Å². The summed E-state index contributed by atoms with van der Waals surface area (Å²) in [6, 6.07) is 5.93. The summed E-state index contributed by atoms with van der Waals surface area (Å²) >= 11 is 0. The van der Waals surface area contributed by atoms with E-state index >= 15 is 0 Å². The molecule has 1 aromatic rings. The first-order chi connectivity index (χ1) is 10.4. The van der Waals surface area contributed by atoms with Gasteiger partial charge >= 0.3 is 0 Å². The Kier molecular flexibility index (Phi) is 5.98. The average molecular weight is 304 g/mol. The van der Waals surface area contributed by atoms with Crippen LogP contribution < -0.4 is 5.32 Å². The molecule has 1 N–H and O–H groups in total. The van der Waals surface area contributed by atoms with E-state index in [1.807, 2.05) is 26.0 Å². The van der Waals surface area contributed by atoms with E-state index in [-0.39, 0.29) is 12.0 Å². The van der Waals surface area contributed by atoms with Gasteiger partial charge in [-0.1, -0.05) is 31.0 Å². The van der Waals surface area contributed by atoms with Gasteiger partial charge in [-0.3, -0.25) is 9.69 Å². The van der Waals surface area contributed by atoms with Crippen molar-refractivity contribution in [3.8, 4) is 0 Å². The van der Waals surface area contributed by atoms with Crippen LogP contribution in [0.1, 0.15) is 35.3 Å². The number of ether oxygens (including phenoxy) is 1. The summed E-state index contributed by atoms with van der Waals surface area (Å²) in [6.45, 7) is 12.8. The number of rotatable bonds is 5. The maximum Gasteiger partial charge on any atom is 0.251 e. The van der Waals surface area contributed by atoms with Gasteiger partial charge in [0.1, 0.15) is 0 Å². The second-order valence-electron chi connectivity index (χ2n) is 6.73. The molecule has 1 aromatic carbocycles. The molecule has 1 aliphatic rings. The van der Waals surface area contributed by atoms with Crippen molar-refractivity contribution in [1.29, 1.82) is 0 Å². The van der Waals surface area contributed by atoms with Crippen molar-refractivity contribution in [2.24, 2.45) is 5.92 Å². The molecule has 122 valence electrons. The number of nitrogens with one attached hydrogen (secondary N) is 1. The SMILES string of the molecule is Cc1cc(C)cc(C(=O)NCC2CN(CC(C)C)CCO2)c1. The first-order valence-corrected chi connectivity index (χ1v) is 8.14. The summed E-state index contributed by atoms with van der Waals surface area (Å²) in [5.41, 5.74) is 2.96. The van der Waals surface area contributed by atoms with Crippen LogP contribution in [0.25, 0.3) is 0 Å².